The Kier molecular flexibility index (Phi) is 6.13. The predicted octanol–water partition coefficient (Wildman–Crippen LogP) is 2.16. The number of amides is 2. The predicted molar refractivity (Wildman–Crippen MR) is 110 cm³/mol. The number of carbonyl (C=O) groups is 2. The summed E-state index contributed by atoms with van der Waals surface area (Å²) in [5.74, 6) is -0.170. The Bertz CT molecular complexity index is 1130. The number of ether oxygens (including phenoxy) is 1. The highest BCUT2D eigenvalue weighted by molar-refractivity contribution is 6.31. The monoisotopic (exact) mass is 414 g/mol. The third kappa shape index (κ3) is 4.91. The van der Waals surface area contributed by atoms with Gasteiger partial charge in [-0.25, -0.2) is 4.98 Å². The Labute approximate surface area is 171 Å². The summed E-state index contributed by atoms with van der Waals surface area (Å²) < 4.78 is 6.30. The molecule has 9 heteroatoms. The molecule has 1 aromatic heterocycles. The number of hydrogen-bond donors (Lipinski definition) is 1. The molecule has 150 valence electrons. The van der Waals surface area contributed by atoms with E-state index in [-0.39, 0.29) is 24.6 Å². The number of rotatable bonds is 6. The zero-order valence-corrected chi connectivity index (χ0v) is 16.6. The lowest BCUT2D eigenvalue weighted by atomic mass is 10.2. The highest BCUT2D eigenvalue weighted by Gasteiger charge is 2.15. The quantitative estimate of drug-likeness (QED) is 0.667. The summed E-state index contributed by atoms with van der Waals surface area (Å²) in [6.45, 7) is -0.408. The van der Waals surface area contributed by atoms with Crippen LogP contribution >= 0.6 is 11.6 Å². The fourth-order valence-corrected chi connectivity index (χ4v) is 2.89. The second-order valence-electron chi connectivity index (χ2n) is 6.37. The Balaban J connectivity index is 1.66. The van der Waals surface area contributed by atoms with E-state index in [9.17, 15) is 14.4 Å². The minimum Gasteiger partial charge on any atom is -0.497 e. The van der Waals surface area contributed by atoms with Crippen LogP contribution in [0, 0.1) is 0 Å². The lowest BCUT2D eigenvalue weighted by molar-refractivity contribution is -0.133. The Hall–Kier alpha value is -3.39. The summed E-state index contributed by atoms with van der Waals surface area (Å²) in [6.07, 6.45) is 1.31. The van der Waals surface area contributed by atoms with Gasteiger partial charge in [-0.15, -0.1) is 0 Å². The van der Waals surface area contributed by atoms with Crippen molar-refractivity contribution >= 4 is 40.0 Å². The summed E-state index contributed by atoms with van der Waals surface area (Å²) in [5.41, 5.74) is 0.677. The molecular weight excluding hydrogens is 396 g/mol. The molecule has 1 N–H and O–H groups in total. The maximum absolute atomic E-state index is 12.6. The molecule has 0 spiro atoms. The molecule has 3 aromatic rings. The molecule has 0 atom stereocenters. The van der Waals surface area contributed by atoms with Gasteiger partial charge in [-0.3, -0.25) is 19.0 Å². The Morgan fingerprint density at radius 2 is 2.03 bits per heavy atom. The van der Waals surface area contributed by atoms with Crippen molar-refractivity contribution in [1.29, 1.82) is 0 Å². The minimum absolute atomic E-state index is 0.169. The number of carbonyl (C=O) groups excluding carboxylic acids is 2. The van der Waals surface area contributed by atoms with Crippen molar-refractivity contribution in [1.82, 2.24) is 14.5 Å². The van der Waals surface area contributed by atoms with Gasteiger partial charge in [0, 0.05) is 23.8 Å². The summed E-state index contributed by atoms with van der Waals surface area (Å²) in [6, 6.07) is 11.7. The molecule has 1 heterocycles. The zero-order chi connectivity index (χ0) is 21.0. The van der Waals surface area contributed by atoms with E-state index >= 15 is 0 Å². The van der Waals surface area contributed by atoms with Crippen molar-refractivity contribution < 1.29 is 14.3 Å². The number of anilines is 1. The molecule has 0 aliphatic rings. The second kappa shape index (κ2) is 8.74. The molecule has 2 amide bonds. The van der Waals surface area contributed by atoms with Gasteiger partial charge in [0.1, 0.15) is 12.3 Å². The molecule has 8 nitrogen and oxygen atoms in total. The molecule has 0 aliphatic carbocycles. The number of benzene rings is 2. The Morgan fingerprint density at radius 1 is 1.24 bits per heavy atom. The molecule has 0 radical (unpaired) electrons. The molecule has 29 heavy (non-hydrogen) atoms. The van der Waals surface area contributed by atoms with Crippen LogP contribution in [0.25, 0.3) is 10.9 Å². The number of aromatic nitrogens is 2. The van der Waals surface area contributed by atoms with Gasteiger partial charge >= 0.3 is 0 Å². The fourth-order valence-electron chi connectivity index (χ4n) is 2.72. The number of halogens is 1. The molecule has 3 rings (SSSR count). The average molecular weight is 415 g/mol. The van der Waals surface area contributed by atoms with Crippen molar-refractivity contribution in [2.45, 2.75) is 6.54 Å². The van der Waals surface area contributed by atoms with Crippen LogP contribution in [0.15, 0.2) is 53.6 Å². The van der Waals surface area contributed by atoms with E-state index in [1.54, 1.807) is 36.4 Å². The van der Waals surface area contributed by atoms with Crippen LogP contribution in [-0.2, 0) is 16.1 Å². The van der Waals surface area contributed by atoms with Crippen LogP contribution in [-0.4, -0.2) is 47.0 Å². The topological polar surface area (TPSA) is 93.5 Å². The van der Waals surface area contributed by atoms with Gasteiger partial charge in [-0.2, -0.15) is 0 Å². The first-order valence-corrected chi connectivity index (χ1v) is 9.08. The number of fused-ring (bicyclic) bond motifs is 1. The number of nitrogens with zero attached hydrogens (tertiary/aromatic N) is 3. The molecule has 2 aromatic carbocycles. The molecule has 0 unspecified atom stereocenters. The van der Waals surface area contributed by atoms with E-state index in [0.29, 0.717) is 27.4 Å². The normalized spacial score (nSPS) is 10.6. The molecular formula is C20H19ClN4O4. The lowest BCUT2D eigenvalue weighted by Crippen LogP contribution is -2.38. The Morgan fingerprint density at radius 3 is 2.79 bits per heavy atom. The van der Waals surface area contributed by atoms with E-state index in [0.717, 1.165) is 0 Å². The first-order chi connectivity index (χ1) is 13.9. The zero-order valence-electron chi connectivity index (χ0n) is 15.9. The van der Waals surface area contributed by atoms with E-state index in [1.807, 2.05) is 0 Å². The maximum Gasteiger partial charge on any atom is 0.261 e. The fraction of sp³-hybridized carbons (Fsp3) is 0.200. The number of hydrogen-bond acceptors (Lipinski definition) is 5. The largest absolute Gasteiger partial charge is 0.497 e. The van der Waals surface area contributed by atoms with Gasteiger partial charge < -0.3 is 15.0 Å². The van der Waals surface area contributed by atoms with Gasteiger partial charge in [0.2, 0.25) is 11.8 Å². The van der Waals surface area contributed by atoms with Gasteiger partial charge in [0.25, 0.3) is 5.56 Å². The van der Waals surface area contributed by atoms with Gasteiger partial charge in [-0.1, -0.05) is 17.7 Å². The second-order valence-corrected chi connectivity index (χ2v) is 6.81. The number of methoxy groups -OCH3 is 1. The third-order valence-electron chi connectivity index (χ3n) is 4.25. The SMILES string of the molecule is COc1cccc(NC(=O)CN(C)C(=O)Cn2cnc3ccc(Cl)cc3c2=O)c1. The van der Waals surface area contributed by atoms with Gasteiger partial charge in [0.15, 0.2) is 0 Å². The van der Waals surface area contributed by atoms with Gasteiger partial charge in [0.05, 0.1) is 30.9 Å². The van der Waals surface area contributed by atoms with Gasteiger partial charge in [-0.05, 0) is 30.3 Å². The van der Waals surface area contributed by atoms with Crippen molar-refractivity contribution in [3.63, 3.8) is 0 Å². The number of likely N-dealkylation sites (N-methyl/N-ethyl adjacent to an activating group) is 1. The smallest absolute Gasteiger partial charge is 0.261 e. The highest BCUT2D eigenvalue weighted by Crippen LogP contribution is 2.16. The summed E-state index contributed by atoms with van der Waals surface area (Å²) >= 11 is 5.94. The van der Waals surface area contributed by atoms with E-state index < -0.39 is 5.91 Å². The first kappa shape index (κ1) is 20.3. The van der Waals surface area contributed by atoms with Crippen LogP contribution in [0.3, 0.4) is 0 Å². The van der Waals surface area contributed by atoms with Crippen molar-refractivity contribution in [3.8, 4) is 5.75 Å². The lowest BCUT2D eigenvalue weighted by Gasteiger charge is -2.17. The summed E-state index contributed by atoms with van der Waals surface area (Å²) in [5, 5.41) is 3.43. The van der Waals surface area contributed by atoms with E-state index in [4.69, 9.17) is 16.3 Å². The number of nitrogens with one attached hydrogen (secondary N) is 1. The molecule has 0 saturated heterocycles. The third-order valence-corrected chi connectivity index (χ3v) is 4.49. The minimum atomic E-state index is -0.406. The molecule has 0 bridgehead atoms. The maximum atomic E-state index is 12.6. The standard InChI is InChI=1S/C20H19ClN4O4/c1-24(10-18(26)23-14-4-3-5-15(9-14)29-2)19(27)11-25-12-22-17-7-6-13(21)8-16(17)20(25)28/h3-9,12H,10-11H2,1-2H3,(H,23,26). The molecule has 0 fully saturated rings. The average Bonchev–Trinajstić information content (AvgIpc) is 2.70. The molecule has 0 aliphatic heterocycles. The van der Waals surface area contributed by atoms with E-state index in [2.05, 4.69) is 10.3 Å². The van der Waals surface area contributed by atoms with Crippen LogP contribution in [0.5, 0.6) is 5.75 Å². The van der Waals surface area contributed by atoms with Crippen LogP contribution in [0.4, 0.5) is 5.69 Å². The van der Waals surface area contributed by atoms with Crippen molar-refractivity contribution in [2.24, 2.45) is 0 Å². The van der Waals surface area contributed by atoms with Crippen LogP contribution in [0.1, 0.15) is 0 Å². The summed E-state index contributed by atoms with van der Waals surface area (Å²) in [7, 11) is 3.02. The summed E-state index contributed by atoms with van der Waals surface area (Å²) in [4.78, 5) is 42.7. The van der Waals surface area contributed by atoms with E-state index in [1.165, 1.54) is 36.0 Å². The van der Waals surface area contributed by atoms with Crippen molar-refractivity contribution in [2.75, 3.05) is 26.0 Å². The highest BCUT2D eigenvalue weighted by atomic mass is 35.5. The van der Waals surface area contributed by atoms with Crippen molar-refractivity contribution in [3.05, 3.63) is 64.2 Å². The van der Waals surface area contributed by atoms with Crippen LogP contribution in [0.2, 0.25) is 5.02 Å². The van der Waals surface area contributed by atoms with Crippen LogP contribution < -0.4 is 15.6 Å². The molecule has 0 saturated carbocycles. The first-order valence-electron chi connectivity index (χ1n) is 8.70.